The number of carbonyl (C=O) groups is 4. The van der Waals surface area contributed by atoms with Crippen LogP contribution in [0.25, 0.3) is 22.6 Å². The van der Waals surface area contributed by atoms with Crippen LogP contribution in [0.2, 0.25) is 0 Å². The number of carbonyl (C=O) groups excluding carboxylic acids is 4. The number of aliphatic hydroxyl groups excluding tert-OH is 1. The fourth-order valence-electron chi connectivity index (χ4n) is 10.0. The monoisotopic (exact) mass is 784 g/mol. The van der Waals surface area contributed by atoms with Crippen LogP contribution in [0.3, 0.4) is 0 Å². The van der Waals surface area contributed by atoms with Gasteiger partial charge in [0.1, 0.15) is 17.9 Å². The number of allylic oxidation sites excluding steroid dienone is 2. The van der Waals surface area contributed by atoms with Crippen molar-refractivity contribution in [2.45, 2.75) is 31.1 Å². The number of benzene rings is 5. The summed E-state index contributed by atoms with van der Waals surface area (Å²) in [6.45, 7) is 1.94. The molecule has 3 heterocycles. The molecule has 11 nitrogen and oxygen atoms in total. The minimum absolute atomic E-state index is 0.119. The van der Waals surface area contributed by atoms with E-state index in [1.165, 1.54) is 4.90 Å². The second-order valence-corrected chi connectivity index (χ2v) is 15.8. The Bertz CT molecular complexity index is 2620. The van der Waals surface area contributed by atoms with Crippen molar-refractivity contribution < 1.29 is 33.4 Å². The average molecular weight is 785 g/mol. The number of anilines is 2. The number of fused-ring (bicyclic) bond motifs is 5. The van der Waals surface area contributed by atoms with Gasteiger partial charge in [-0.2, -0.15) is 5.01 Å². The lowest BCUT2D eigenvalue weighted by molar-refractivity contribution is -0.138. The lowest BCUT2D eigenvalue weighted by atomic mass is 9.49. The molecule has 0 unspecified atom stereocenters. The molecule has 6 atom stereocenters. The van der Waals surface area contributed by atoms with E-state index in [4.69, 9.17) is 9.15 Å². The molecule has 5 aromatic carbocycles. The van der Waals surface area contributed by atoms with Crippen molar-refractivity contribution in [2.24, 2.45) is 23.7 Å². The summed E-state index contributed by atoms with van der Waals surface area (Å²) >= 11 is 0. The van der Waals surface area contributed by atoms with Crippen molar-refractivity contribution in [1.29, 1.82) is 0 Å². The van der Waals surface area contributed by atoms with Crippen LogP contribution in [0.15, 0.2) is 143 Å². The van der Waals surface area contributed by atoms with Crippen LogP contribution in [-0.4, -0.2) is 51.9 Å². The number of aliphatic hydroxyl groups is 1. The molecule has 3 fully saturated rings. The minimum atomic E-state index is -1.38. The first kappa shape index (κ1) is 36.5. The van der Waals surface area contributed by atoms with Gasteiger partial charge < -0.3 is 14.3 Å². The summed E-state index contributed by atoms with van der Waals surface area (Å²) in [4.78, 5) is 65.4. The lowest BCUT2D eigenvalue weighted by Gasteiger charge is -2.50. The van der Waals surface area contributed by atoms with Crippen molar-refractivity contribution in [3.8, 4) is 17.2 Å². The molecular weight excluding hydrogens is 745 g/mol. The molecule has 6 aromatic rings. The summed E-state index contributed by atoms with van der Waals surface area (Å²) in [6.07, 6.45) is 2.54. The first-order chi connectivity index (χ1) is 28.8. The fourth-order valence-corrected chi connectivity index (χ4v) is 10.0. The maximum absolute atomic E-state index is 15.4. The second-order valence-electron chi connectivity index (χ2n) is 15.8. The maximum atomic E-state index is 15.4. The highest BCUT2D eigenvalue weighted by atomic mass is 16.5. The molecular formula is C48H40N4O7. The number of rotatable bonds is 9. The third-order valence-corrected chi connectivity index (χ3v) is 12.6. The number of oxazole rings is 1. The number of hydrogen-bond acceptors (Lipinski definition) is 9. The minimum Gasteiger partial charge on any atom is -0.491 e. The van der Waals surface area contributed by atoms with E-state index in [0.29, 0.717) is 46.1 Å². The molecule has 0 bridgehead atoms. The van der Waals surface area contributed by atoms with E-state index in [1.807, 2.05) is 104 Å². The van der Waals surface area contributed by atoms with Crippen molar-refractivity contribution in [2.75, 3.05) is 23.5 Å². The number of imide groups is 2. The summed E-state index contributed by atoms with van der Waals surface area (Å²) in [5.41, 5.74) is 8.26. The Hall–Kier alpha value is -6.85. The number of ether oxygens (including phenoxy) is 1. The molecule has 11 heteroatoms. The van der Waals surface area contributed by atoms with Gasteiger partial charge in [-0.05, 0) is 97.5 Å². The topological polar surface area (TPSA) is 142 Å². The van der Waals surface area contributed by atoms with E-state index in [2.05, 4.69) is 10.4 Å². The van der Waals surface area contributed by atoms with Gasteiger partial charge in [0.2, 0.25) is 17.7 Å². The smallest absolute Gasteiger partial charge is 0.260 e. The first-order valence-electron chi connectivity index (χ1n) is 19.9. The lowest BCUT2D eigenvalue weighted by Crippen LogP contribution is -2.53. The summed E-state index contributed by atoms with van der Waals surface area (Å²) in [5, 5.41) is 10.6. The van der Waals surface area contributed by atoms with E-state index in [9.17, 15) is 19.5 Å². The normalized spacial score (nSPS) is 24.8. The van der Waals surface area contributed by atoms with Gasteiger partial charge in [-0.25, -0.2) is 4.98 Å². The number of nitrogens with one attached hydrogen (secondary N) is 1. The van der Waals surface area contributed by atoms with Crippen LogP contribution in [0.1, 0.15) is 35.4 Å². The van der Waals surface area contributed by atoms with Crippen molar-refractivity contribution in [3.63, 3.8) is 0 Å². The van der Waals surface area contributed by atoms with Crippen LogP contribution < -0.4 is 15.1 Å². The van der Waals surface area contributed by atoms with Crippen LogP contribution >= 0.6 is 0 Å². The number of amides is 4. The number of hydrazine groups is 1. The highest BCUT2D eigenvalue weighted by Crippen LogP contribution is 2.64. The highest BCUT2D eigenvalue weighted by molar-refractivity contribution is 6.22. The molecule has 2 aliphatic heterocycles. The van der Waals surface area contributed by atoms with Gasteiger partial charge in [0.15, 0.2) is 5.58 Å². The summed E-state index contributed by atoms with van der Waals surface area (Å²) in [5.74, 6) is -3.85. The number of para-hydroxylation sites is 2. The maximum Gasteiger partial charge on any atom is 0.260 e. The standard InChI is InChI=1S/C48H40N4O7/c1-28-11-17-32(18-12-28)50-52-45(55)38-27-37-35(42(29-15-21-34(22-16-29)58-26-25-53)48(38,47(52)57)31-7-3-2-4-8-31)23-24-36-41(37)46(56)51(44(36)54)33-19-13-30(14-20-33)43-49-39-9-5-6-10-40(39)59-43/h2-23,36-38,41-42,50,53H,24-27H2,1H3/t36-,37+,38-,41-,42-,48+/m0/s1. The summed E-state index contributed by atoms with van der Waals surface area (Å²) in [7, 11) is 0. The molecule has 2 saturated heterocycles. The van der Waals surface area contributed by atoms with Gasteiger partial charge in [0, 0.05) is 11.5 Å². The number of aryl methyl sites for hydroxylation is 1. The number of aromatic nitrogens is 1. The van der Waals surface area contributed by atoms with Gasteiger partial charge in [0.25, 0.3) is 11.8 Å². The molecule has 0 radical (unpaired) electrons. The van der Waals surface area contributed by atoms with Crippen LogP contribution in [0, 0.1) is 30.6 Å². The number of hydrogen-bond donors (Lipinski definition) is 2. The molecule has 2 N–H and O–H groups in total. The third kappa shape index (κ3) is 5.71. The van der Waals surface area contributed by atoms with Crippen molar-refractivity contribution in [1.82, 2.24) is 9.99 Å². The van der Waals surface area contributed by atoms with Crippen LogP contribution in [-0.2, 0) is 24.6 Å². The van der Waals surface area contributed by atoms with Crippen molar-refractivity contribution in [3.05, 3.63) is 156 Å². The Morgan fingerprint density at radius 1 is 0.814 bits per heavy atom. The van der Waals surface area contributed by atoms with Crippen LogP contribution in [0.5, 0.6) is 5.75 Å². The molecule has 1 aromatic heterocycles. The molecule has 294 valence electrons. The van der Waals surface area contributed by atoms with E-state index in [1.54, 1.807) is 36.4 Å². The Balaban J connectivity index is 1.06. The molecule has 10 rings (SSSR count). The molecule has 4 aliphatic rings. The second kappa shape index (κ2) is 14.2. The van der Waals surface area contributed by atoms with Gasteiger partial charge in [-0.3, -0.25) is 29.5 Å². The summed E-state index contributed by atoms with van der Waals surface area (Å²) < 4.78 is 11.7. The number of nitrogens with zero attached hydrogens (tertiary/aromatic N) is 3. The zero-order valence-corrected chi connectivity index (χ0v) is 32.2. The molecule has 4 amide bonds. The van der Waals surface area contributed by atoms with Gasteiger partial charge >= 0.3 is 0 Å². The molecule has 2 aliphatic carbocycles. The van der Waals surface area contributed by atoms with E-state index < -0.39 is 40.9 Å². The summed E-state index contributed by atoms with van der Waals surface area (Å²) in [6, 6.07) is 38.9. The molecule has 59 heavy (non-hydrogen) atoms. The predicted molar refractivity (Wildman–Crippen MR) is 220 cm³/mol. The quantitative estimate of drug-likeness (QED) is 0.114. The van der Waals surface area contributed by atoms with Gasteiger partial charge in [-0.1, -0.05) is 83.9 Å². The molecule has 1 saturated carbocycles. The Labute approximate surface area is 339 Å². The van der Waals surface area contributed by atoms with E-state index in [0.717, 1.165) is 27.2 Å². The Kier molecular flexibility index (Phi) is 8.79. The Morgan fingerprint density at radius 3 is 2.27 bits per heavy atom. The van der Waals surface area contributed by atoms with Gasteiger partial charge in [0.05, 0.1) is 41.2 Å². The predicted octanol–water partition coefficient (Wildman–Crippen LogP) is 7.36. The zero-order valence-electron chi connectivity index (χ0n) is 32.2. The highest BCUT2D eigenvalue weighted by Gasteiger charge is 2.70. The Morgan fingerprint density at radius 2 is 1.54 bits per heavy atom. The fraction of sp³-hybridized carbons (Fsp3) is 0.229. The largest absolute Gasteiger partial charge is 0.491 e. The zero-order chi connectivity index (χ0) is 40.4. The first-order valence-corrected chi connectivity index (χ1v) is 19.9. The molecule has 0 spiro atoms. The SMILES string of the molecule is Cc1ccc(NN2C(=O)[C@@H]3C[C@@H]4C(=CC[C@@H]5C(=O)N(c6ccc(-c7nc8ccccc8o7)cc6)C(=O)[C@@H]54)[C@H](c4ccc(OCCO)cc4)[C@]3(c3ccccc3)C2=O)cc1. The van der Waals surface area contributed by atoms with E-state index >= 15 is 4.79 Å². The van der Waals surface area contributed by atoms with Gasteiger partial charge in [-0.15, -0.1) is 0 Å². The van der Waals surface area contributed by atoms with Crippen molar-refractivity contribution >= 4 is 46.1 Å². The average Bonchev–Trinajstić information content (AvgIpc) is 3.88. The van der Waals surface area contributed by atoms with Crippen LogP contribution in [0.4, 0.5) is 11.4 Å². The van der Waals surface area contributed by atoms with E-state index in [-0.39, 0.29) is 37.4 Å². The third-order valence-electron chi connectivity index (χ3n) is 12.6.